The van der Waals surface area contributed by atoms with Gasteiger partial charge in [0.15, 0.2) is 6.20 Å². The van der Waals surface area contributed by atoms with Gasteiger partial charge in [-0.2, -0.15) is 0 Å². The summed E-state index contributed by atoms with van der Waals surface area (Å²) in [6.07, 6.45) is 0.542. The Hall–Kier alpha value is -1.72. The van der Waals surface area contributed by atoms with Crippen LogP contribution in [0.1, 0.15) is 17.9 Å². The maximum absolute atomic E-state index is 12.7. The van der Waals surface area contributed by atoms with E-state index in [-0.39, 0.29) is 5.82 Å². The first-order valence-electron chi connectivity index (χ1n) is 4.13. The third-order valence-electron chi connectivity index (χ3n) is 2.20. The van der Waals surface area contributed by atoms with Crippen molar-refractivity contribution in [3.05, 3.63) is 27.9 Å². The van der Waals surface area contributed by atoms with Crippen LogP contribution in [0.2, 0.25) is 0 Å². The Bertz CT molecular complexity index is 396. The monoisotopic (exact) mass is 197 g/mol. The minimum absolute atomic E-state index is 0.288. The van der Waals surface area contributed by atoms with Crippen molar-refractivity contribution < 1.29 is 9.31 Å². The Morgan fingerprint density at radius 3 is 2.86 bits per heavy atom. The zero-order valence-corrected chi connectivity index (χ0v) is 7.18. The molecule has 0 amide bonds. The smallest absolute Gasteiger partial charge is 0.367 e. The highest BCUT2D eigenvalue weighted by molar-refractivity contribution is 5.49. The zero-order chi connectivity index (χ0) is 10.3. The molecule has 0 bridgehead atoms. The summed E-state index contributed by atoms with van der Waals surface area (Å²) in [4.78, 5) is 13.5. The van der Waals surface area contributed by atoms with Gasteiger partial charge in [0.2, 0.25) is 0 Å². The SMILES string of the molecule is Nc1cnc([N+](=O)[O-])c(C2CC2F)c1. The summed E-state index contributed by atoms with van der Waals surface area (Å²) in [5.74, 6) is -0.684. The van der Waals surface area contributed by atoms with Crippen molar-refractivity contribution in [2.75, 3.05) is 5.73 Å². The molecule has 1 fully saturated rings. The predicted molar refractivity (Wildman–Crippen MR) is 47.6 cm³/mol. The molecule has 0 spiro atoms. The van der Waals surface area contributed by atoms with E-state index in [9.17, 15) is 14.5 Å². The van der Waals surface area contributed by atoms with Crippen LogP contribution < -0.4 is 5.73 Å². The average molecular weight is 197 g/mol. The highest BCUT2D eigenvalue weighted by atomic mass is 19.1. The first-order valence-corrected chi connectivity index (χ1v) is 4.13. The van der Waals surface area contributed by atoms with Gasteiger partial charge < -0.3 is 15.8 Å². The molecule has 1 heterocycles. The summed E-state index contributed by atoms with van der Waals surface area (Å²) in [5.41, 5.74) is 6.06. The van der Waals surface area contributed by atoms with Crippen molar-refractivity contribution >= 4 is 11.5 Å². The van der Waals surface area contributed by atoms with Gasteiger partial charge in [-0.25, -0.2) is 4.39 Å². The molecular formula is C8H8FN3O2. The molecule has 1 aliphatic carbocycles. The summed E-state index contributed by atoms with van der Waals surface area (Å²) in [7, 11) is 0. The van der Waals surface area contributed by atoms with E-state index in [1.54, 1.807) is 0 Å². The number of pyridine rings is 1. The second-order valence-corrected chi connectivity index (χ2v) is 3.30. The molecule has 1 aliphatic rings. The molecule has 1 aromatic rings. The van der Waals surface area contributed by atoms with Crippen LogP contribution in [0, 0.1) is 10.1 Å². The number of halogens is 1. The quantitative estimate of drug-likeness (QED) is 0.573. The third kappa shape index (κ3) is 1.39. The normalized spacial score (nSPS) is 24.6. The van der Waals surface area contributed by atoms with E-state index < -0.39 is 17.0 Å². The summed E-state index contributed by atoms with van der Waals surface area (Å²) in [5, 5.41) is 10.6. The van der Waals surface area contributed by atoms with Crippen molar-refractivity contribution in [2.45, 2.75) is 18.5 Å². The van der Waals surface area contributed by atoms with Crippen LogP contribution in [0.15, 0.2) is 12.3 Å². The van der Waals surface area contributed by atoms with Crippen molar-refractivity contribution in [1.82, 2.24) is 4.98 Å². The molecule has 14 heavy (non-hydrogen) atoms. The van der Waals surface area contributed by atoms with Crippen molar-refractivity contribution in [3.63, 3.8) is 0 Å². The van der Waals surface area contributed by atoms with Gasteiger partial charge in [-0.15, -0.1) is 0 Å². The van der Waals surface area contributed by atoms with Crippen LogP contribution in [0.3, 0.4) is 0 Å². The molecule has 2 rings (SSSR count). The second-order valence-electron chi connectivity index (χ2n) is 3.30. The van der Waals surface area contributed by atoms with Crippen LogP contribution in [0.25, 0.3) is 0 Å². The Morgan fingerprint density at radius 2 is 2.36 bits per heavy atom. The van der Waals surface area contributed by atoms with Crippen molar-refractivity contribution in [2.24, 2.45) is 0 Å². The molecule has 0 radical (unpaired) electrons. The van der Waals surface area contributed by atoms with Crippen LogP contribution >= 0.6 is 0 Å². The Labute approximate surface area is 78.9 Å². The summed E-state index contributed by atoms with van der Waals surface area (Å²) < 4.78 is 12.7. The van der Waals surface area contributed by atoms with E-state index in [0.29, 0.717) is 17.7 Å². The molecule has 2 N–H and O–H groups in total. The number of hydrogen-bond donors (Lipinski definition) is 1. The number of nitrogen functional groups attached to an aromatic ring is 1. The van der Waals surface area contributed by atoms with Crippen LogP contribution in [0.5, 0.6) is 0 Å². The fourth-order valence-corrected chi connectivity index (χ4v) is 1.40. The number of aromatic nitrogens is 1. The number of anilines is 1. The molecule has 0 aliphatic heterocycles. The predicted octanol–water partition coefficient (Wildman–Crippen LogP) is 1.40. The number of hydrogen-bond acceptors (Lipinski definition) is 4. The number of rotatable bonds is 2. The largest absolute Gasteiger partial charge is 0.396 e. The fraction of sp³-hybridized carbons (Fsp3) is 0.375. The zero-order valence-electron chi connectivity index (χ0n) is 7.18. The summed E-state index contributed by atoms with van der Waals surface area (Å²) in [6.45, 7) is 0. The van der Waals surface area contributed by atoms with E-state index in [1.807, 2.05) is 0 Å². The van der Waals surface area contributed by atoms with Gasteiger partial charge in [0.25, 0.3) is 0 Å². The number of nitro groups is 1. The van der Waals surface area contributed by atoms with Crippen LogP contribution in [-0.2, 0) is 0 Å². The summed E-state index contributed by atoms with van der Waals surface area (Å²) >= 11 is 0. The maximum Gasteiger partial charge on any atom is 0.367 e. The van der Waals surface area contributed by atoms with Crippen molar-refractivity contribution in [3.8, 4) is 0 Å². The van der Waals surface area contributed by atoms with Crippen LogP contribution in [0.4, 0.5) is 15.9 Å². The van der Waals surface area contributed by atoms with Gasteiger partial charge in [-0.05, 0) is 22.4 Å². The Morgan fingerprint density at radius 1 is 1.71 bits per heavy atom. The van der Waals surface area contributed by atoms with Gasteiger partial charge in [-0.3, -0.25) is 0 Å². The molecule has 6 heteroatoms. The molecule has 1 aromatic heterocycles. The number of alkyl halides is 1. The Kier molecular flexibility index (Phi) is 1.83. The van der Waals surface area contributed by atoms with Gasteiger partial charge in [0.05, 0.1) is 11.3 Å². The molecule has 2 unspecified atom stereocenters. The topological polar surface area (TPSA) is 82.0 Å². The first-order chi connectivity index (χ1) is 6.59. The molecule has 5 nitrogen and oxygen atoms in total. The highest BCUT2D eigenvalue weighted by Crippen LogP contribution is 2.46. The van der Waals surface area contributed by atoms with E-state index in [0.717, 1.165) is 0 Å². The highest BCUT2D eigenvalue weighted by Gasteiger charge is 2.43. The lowest BCUT2D eigenvalue weighted by Gasteiger charge is -2.00. The first kappa shape index (κ1) is 8.86. The molecule has 0 aromatic carbocycles. The average Bonchev–Trinajstić information content (AvgIpc) is 2.82. The van der Waals surface area contributed by atoms with Gasteiger partial charge in [-0.1, -0.05) is 0 Å². The lowest BCUT2D eigenvalue weighted by atomic mass is 10.1. The minimum Gasteiger partial charge on any atom is -0.396 e. The maximum atomic E-state index is 12.7. The number of nitrogens with two attached hydrogens (primary N) is 1. The van der Waals surface area contributed by atoms with Gasteiger partial charge in [0, 0.05) is 5.92 Å². The fourth-order valence-electron chi connectivity index (χ4n) is 1.40. The van der Waals surface area contributed by atoms with Gasteiger partial charge in [0.1, 0.15) is 6.17 Å². The standard InChI is InChI=1S/C8H8FN3O2/c9-7-2-5(7)6-1-4(10)3-11-8(6)12(13)14/h1,3,5,7H,2,10H2. The van der Waals surface area contributed by atoms with Gasteiger partial charge >= 0.3 is 5.82 Å². The van der Waals surface area contributed by atoms with Crippen molar-refractivity contribution in [1.29, 1.82) is 0 Å². The molecule has 0 saturated heterocycles. The molecular weight excluding hydrogens is 189 g/mol. The molecule has 1 saturated carbocycles. The lowest BCUT2D eigenvalue weighted by Crippen LogP contribution is -2.00. The third-order valence-corrected chi connectivity index (χ3v) is 2.20. The molecule has 74 valence electrons. The number of nitrogens with zero attached hydrogens (tertiary/aromatic N) is 2. The second kappa shape index (κ2) is 2.90. The Balaban J connectivity index is 2.44. The van der Waals surface area contributed by atoms with E-state index >= 15 is 0 Å². The van der Waals surface area contributed by atoms with E-state index in [2.05, 4.69) is 4.98 Å². The molecule has 2 atom stereocenters. The van der Waals surface area contributed by atoms with E-state index in [1.165, 1.54) is 12.3 Å². The summed E-state index contributed by atoms with van der Waals surface area (Å²) in [6, 6.07) is 1.43. The minimum atomic E-state index is -0.989. The lowest BCUT2D eigenvalue weighted by molar-refractivity contribution is -0.390. The van der Waals surface area contributed by atoms with E-state index in [4.69, 9.17) is 5.73 Å². The van der Waals surface area contributed by atoms with Crippen LogP contribution in [-0.4, -0.2) is 16.1 Å².